The van der Waals surface area contributed by atoms with Crippen LogP contribution in [0.1, 0.15) is 41.0 Å². The van der Waals surface area contributed by atoms with Crippen molar-refractivity contribution in [1.29, 1.82) is 0 Å². The first-order valence-electron chi connectivity index (χ1n) is 7.97. The zero-order valence-corrected chi connectivity index (χ0v) is 14.3. The highest BCUT2D eigenvalue weighted by molar-refractivity contribution is 6.05. The molecule has 2 aromatic rings. The minimum atomic E-state index is -1.68. The highest BCUT2D eigenvalue weighted by Crippen LogP contribution is 2.20. The van der Waals surface area contributed by atoms with Gasteiger partial charge in [-0.2, -0.15) is 0 Å². The zero-order valence-electron chi connectivity index (χ0n) is 14.3. The van der Waals surface area contributed by atoms with Crippen molar-refractivity contribution in [2.45, 2.75) is 20.3 Å². The van der Waals surface area contributed by atoms with Gasteiger partial charge in [-0.25, -0.2) is 13.2 Å². The van der Waals surface area contributed by atoms with Gasteiger partial charge in [0.05, 0.1) is 16.8 Å². The number of rotatable bonds is 6. The summed E-state index contributed by atoms with van der Waals surface area (Å²) in [6, 6.07) is 2.89. The molecule has 0 saturated carbocycles. The van der Waals surface area contributed by atoms with Crippen LogP contribution in [0.4, 0.5) is 18.9 Å². The highest BCUT2D eigenvalue weighted by atomic mass is 19.2. The van der Waals surface area contributed by atoms with Gasteiger partial charge >= 0.3 is 0 Å². The van der Waals surface area contributed by atoms with Gasteiger partial charge in [0.25, 0.3) is 11.8 Å². The lowest BCUT2D eigenvalue weighted by molar-refractivity contribution is 0.0951. The molecule has 0 unspecified atom stereocenters. The van der Waals surface area contributed by atoms with Gasteiger partial charge in [-0.15, -0.1) is 0 Å². The van der Waals surface area contributed by atoms with Crippen molar-refractivity contribution in [3.05, 3.63) is 59.2 Å². The van der Waals surface area contributed by atoms with Crippen LogP contribution in [-0.2, 0) is 0 Å². The molecule has 2 N–H and O–H groups in total. The van der Waals surface area contributed by atoms with Crippen molar-refractivity contribution in [3.8, 4) is 0 Å². The maximum atomic E-state index is 13.6. The summed E-state index contributed by atoms with van der Waals surface area (Å²) in [5, 5.41) is 4.83. The summed E-state index contributed by atoms with van der Waals surface area (Å²) in [7, 11) is 0. The van der Waals surface area contributed by atoms with Crippen molar-refractivity contribution in [1.82, 2.24) is 10.3 Å². The number of carbonyl (C=O) groups is 2. The number of halogens is 3. The van der Waals surface area contributed by atoms with Crippen LogP contribution in [-0.4, -0.2) is 23.3 Å². The van der Waals surface area contributed by atoms with Crippen LogP contribution in [0.2, 0.25) is 0 Å². The predicted molar refractivity (Wildman–Crippen MR) is 90.3 cm³/mol. The van der Waals surface area contributed by atoms with Crippen LogP contribution in [0.15, 0.2) is 30.6 Å². The SMILES string of the molecule is CC(C)CCNC(=O)c1cncc(C(=O)Nc2ccc(F)c(F)c2F)c1. The average molecular weight is 365 g/mol. The molecule has 0 aliphatic heterocycles. The Labute approximate surface area is 148 Å². The van der Waals surface area contributed by atoms with Crippen molar-refractivity contribution >= 4 is 17.5 Å². The van der Waals surface area contributed by atoms with E-state index in [0.717, 1.165) is 12.5 Å². The van der Waals surface area contributed by atoms with Gasteiger partial charge in [0.1, 0.15) is 0 Å². The van der Waals surface area contributed by atoms with Gasteiger partial charge in [-0.1, -0.05) is 13.8 Å². The van der Waals surface area contributed by atoms with E-state index in [9.17, 15) is 22.8 Å². The van der Waals surface area contributed by atoms with Crippen LogP contribution in [0.3, 0.4) is 0 Å². The molecule has 0 saturated heterocycles. The normalized spacial score (nSPS) is 10.7. The number of aromatic nitrogens is 1. The summed E-state index contributed by atoms with van der Waals surface area (Å²) in [6.07, 6.45) is 3.27. The van der Waals surface area contributed by atoms with Gasteiger partial charge in [0.15, 0.2) is 17.5 Å². The second kappa shape index (κ2) is 8.46. The number of benzene rings is 1. The lowest BCUT2D eigenvalue weighted by Gasteiger charge is -2.09. The molecule has 0 aliphatic rings. The third-order valence-corrected chi connectivity index (χ3v) is 3.55. The molecule has 0 aliphatic carbocycles. The highest BCUT2D eigenvalue weighted by Gasteiger charge is 2.17. The fourth-order valence-electron chi connectivity index (χ4n) is 2.08. The van der Waals surface area contributed by atoms with Gasteiger partial charge in [-0.3, -0.25) is 14.6 Å². The molecule has 138 valence electrons. The average Bonchev–Trinajstić information content (AvgIpc) is 2.62. The molecule has 0 atom stereocenters. The third kappa shape index (κ3) is 4.81. The van der Waals surface area contributed by atoms with E-state index >= 15 is 0 Å². The van der Waals surface area contributed by atoms with Crippen molar-refractivity contribution < 1.29 is 22.8 Å². The summed E-state index contributed by atoms with van der Waals surface area (Å²) in [5.41, 5.74) is -0.376. The molecule has 8 heteroatoms. The quantitative estimate of drug-likeness (QED) is 0.770. The van der Waals surface area contributed by atoms with Gasteiger partial charge < -0.3 is 10.6 Å². The first kappa shape index (κ1) is 19.4. The minimum Gasteiger partial charge on any atom is -0.352 e. The van der Waals surface area contributed by atoms with Crippen LogP contribution >= 0.6 is 0 Å². The number of nitrogens with zero attached hydrogens (tertiary/aromatic N) is 1. The number of hydrogen-bond donors (Lipinski definition) is 2. The lowest BCUT2D eigenvalue weighted by atomic mass is 10.1. The smallest absolute Gasteiger partial charge is 0.257 e. The van der Waals surface area contributed by atoms with E-state index < -0.39 is 35.0 Å². The standard InChI is InChI=1S/C18H18F3N3O2/c1-10(2)5-6-23-17(25)11-7-12(9-22-8-11)18(26)24-14-4-3-13(19)15(20)16(14)21/h3-4,7-10H,5-6H2,1-2H3,(H,23,25)(H,24,26). The number of hydrogen-bond acceptors (Lipinski definition) is 3. The number of pyridine rings is 1. The van der Waals surface area contributed by atoms with E-state index in [1.165, 1.54) is 18.5 Å². The van der Waals surface area contributed by atoms with Crippen molar-refractivity contribution in [3.63, 3.8) is 0 Å². The second-order valence-corrected chi connectivity index (χ2v) is 6.08. The third-order valence-electron chi connectivity index (χ3n) is 3.55. The maximum absolute atomic E-state index is 13.6. The zero-order chi connectivity index (χ0) is 19.3. The molecule has 26 heavy (non-hydrogen) atoms. The lowest BCUT2D eigenvalue weighted by Crippen LogP contribution is -2.26. The van der Waals surface area contributed by atoms with Gasteiger partial charge in [-0.05, 0) is 30.5 Å². The van der Waals surface area contributed by atoms with E-state index in [1.807, 2.05) is 13.8 Å². The Hall–Kier alpha value is -2.90. The Balaban J connectivity index is 2.11. The Morgan fingerprint density at radius 3 is 2.35 bits per heavy atom. The summed E-state index contributed by atoms with van der Waals surface area (Å²) in [4.78, 5) is 28.1. The summed E-state index contributed by atoms with van der Waals surface area (Å²) >= 11 is 0. The molecule has 1 heterocycles. The van der Waals surface area contributed by atoms with Gasteiger partial charge in [0.2, 0.25) is 0 Å². The molecule has 0 radical (unpaired) electrons. The second-order valence-electron chi connectivity index (χ2n) is 6.08. The van der Waals surface area contributed by atoms with Crippen LogP contribution in [0.5, 0.6) is 0 Å². The molecule has 0 spiro atoms. The topological polar surface area (TPSA) is 71.1 Å². The molecule has 0 bridgehead atoms. The summed E-state index contributed by atoms with van der Waals surface area (Å²) in [5.74, 6) is -5.32. The first-order chi connectivity index (χ1) is 12.3. The fraction of sp³-hybridized carbons (Fsp3) is 0.278. The van der Waals surface area contributed by atoms with Gasteiger partial charge in [0, 0.05) is 18.9 Å². The van der Waals surface area contributed by atoms with Crippen LogP contribution in [0, 0.1) is 23.4 Å². The molecule has 5 nitrogen and oxygen atoms in total. The van der Waals surface area contributed by atoms with Crippen LogP contribution < -0.4 is 10.6 Å². The molecular formula is C18H18F3N3O2. The van der Waals surface area contributed by atoms with E-state index in [0.29, 0.717) is 18.5 Å². The number of carbonyl (C=O) groups excluding carboxylic acids is 2. The minimum absolute atomic E-state index is 0.0226. The van der Waals surface area contributed by atoms with E-state index in [4.69, 9.17) is 0 Å². The number of anilines is 1. The molecule has 2 amide bonds. The fourth-order valence-corrected chi connectivity index (χ4v) is 2.08. The van der Waals surface area contributed by atoms with E-state index in [-0.39, 0.29) is 11.1 Å². The monoisotopic (exact) mass is 365 g/mol. The number of nitrogens with one attached hydrogen (secondary N) is 2. The number of amides is 2. The molecule has 2 rings (SSSR count). The predicted octanol–water partition coefficient (Wildman–Crippen LogP) is 3.53. The molecule has 1 aromatic heterocycles. The Morgan fingerprint density at radius 2 is 1.69 bits per heavy atom. The summed E-state index contributed by atoms with van der Waals surface area (Å²) in [6.45, 7) is 4.53. The van der Waals surface area contributed by atoms with Crippen molar-refractivity contribution in [2.75, 3.05) is 11.9 Å². The molecule has 1 aromatic carbocycles. The van der Waals surface area contributed by atoms with E-state index in [1.54, 1.807) is 0 Å². The summed E-state index contributed by atoms with van der Waals surface area (Å²) < 4.78 is 39.8. The Kier molecular flexibility index (Phi) is 6.32. The van der Waals surface area contributed by atoms with E-state index in [2.05, 4.69) is 15.6 Å². The first-order valence-corrected chi connectivity index (χ1v) is 7.97. The maximum Gasteiger partial charge on any atom is 0.257 e. The molecular weight excluding hydrogens is 347 g/mol. The van der Waals surface area contributed by atoms with Crippen molar-refractivity contribution in [2.24, 2.45) is 5.92 Å². The largest absolute Gasteiger partial charge is 0.352 e. The Morgan fingerprint density at radius 1 is 1.04 bits per heavy atom. The Bertz CT molecular complexity index is 825. The van der Waals surface area contributed by atoms with Crippen LogP contribution in [0.25, 0.3) is 0 Å². The molecule has 0 fully saturated rings.